The van der Waals surface area contributed by atoms with Gasteiger partial charge in [-0.25, -0.2) is 14.4 Å². The summed E-state index contributed by atoms with van der Waals surface area (Å²) in [4.78, 5) is 53.1. The summed E-state index contributed by atoms with van der Waals surface area (Å²) >= 11 is 0. The van der Waals surface area contributed by atoms with Crippen LogP contribution >= 0.6 is 0 Å². The number of carbonyl (C=O) groups excluding carboxylic acids is 4. The number of carbonyl (C=O) groups is 4. The fraction of sp³-hybridized carbons (Fsp3) is 0.667. The highest BCUT2D eigenvalue weighted by Gasteiger charge is 2.45. The van der Waals surface area contributed by atoms with Crippen LogP contribution < -0.4 is 0 Å². The Hall–Kier alpha value is -3.14. The minimum atomic E-state index is -1.47. The van der Waals surface area contributed by atoms with Crippen molar-refractivity contribution in [1.82, 2.24) is 4.90 Å². The molecular weight excluding hydrogens is 518 g/mol. The monoisotopic (exact) mass is 561 g/mol. The number of ether oxygens (including phenoxy) is 5. The van der Waals surface area contributed by atoms with Crippen LogP contribution in [0.25, 0.3) is 0 Å². The highest BCUT2D eigenvalue weighted by Crippen LogP contribution is 2.33. The minimum Gasteiger partial charge on any atom is -0.458 e. The lowest BCUT2D eigenvalue weighted by Crippen LogP contribution is -2.54. The number of hydrogen-bond acceptors (Lipinski definition) is 9. The number of hydrogen-bond donors (Lipinski definition) is 0. The summed E-state index contributed by atoms with van der Waals surface area (Å²) in [6, 6.07) is 8.41. The van der Waals surface area contributed by atoms with E-state index in [0.29, 0.717) is 17.7 Å². The van der Waals surface area contributed by atoms with Gasteiger partial charge in [-0.1, -0.05) is 30.3 Å². The molecule has 2 amide bonds. The zero-order chi connectivity index (χ0) is 29.7. The van der Waals surface area contributed by atoms with Gasteiger partial charge in [-0.15, -0.1) is 0 Å². The molecule has 10 heteroatoms. The molecule has 2 aliphatic rings. The van der Waals surface area contributed by atoms with Gasteiger partial charge in [0.15, 0.2) is 6.04 Å². The van der Waals surface area contributed by atoms with Gasteiger partial charge in [0, 0.05) is 5.92 Å². The predicted molar refractivity (Wildman–Crippen MR) is 145 cm³/mol. The smallest absolute Gasteiger partial charge is 0.420 e. The summed E-state index contributed by atoms with van der Waals surface area (Å²) in [6.45, 7) is 11.3. The van der Waals surface area contributed by atoms with E-state index in [1.807, 2.05) is 30.3 Å². The van der Waals surface area contributed by atoms with E-state index in [-0.39, 0.29) is 31.0 Å². The topological polar surface area (TPSA) is 118 Å². The Bertz CT molecular complexity index is 1010. The number of nitrogens with zero attached hydrogens (tertiary/aromatic N) is 1. The zero-order valence-electron chi connectivity index (χ0n) is 24.6. The second-order valence-electron chi connectivity index (χ2n) is 12.5. The Balaban J connectivity index is 1.88. The molecule has 1 aromatic carbocycles. The van der Waals surface area contributed by atoms with E-state index in [2.05, 4.69) is 0 Å². The van der Waals surface area contributed by atoms with Gasteiger partial charge in [0.1, 0.15) is 23.4 Å². The fourth-order valence-electron chi connectivity index (χ4n) is 4.32. The van der Waals surface area contributed by atoms with E-state index >= 15 is 0 Å². The van der Waals surface area contributed by atoms with Crippen molar-refractivity contribution in [3.63, 3.8) is 0 Å². The minimum absolute atomic E-state index is 0.114. The third-order valence-corrected chi connectivity index (χ3v) is 6.41. The van der Waals surface area contributed by atoms with Crippen molar-refractivity contribution in [3.8, 4) is 0 Å². The van der Waals surface area contributed by atoms with Crippen molar-refractivity contribution in [2.45, 2.75) is 104 Å². The highest BCUT2D eigenvalue weighted by atomic mass is 16.6. The summed E-state index contributed by atoms with van der Waals surface area (Å²) in [7, 11) is 0. The second-order valence-corrected chi connectivity index (χ2v) is 12.5. The summed E-state index contributed by atoms with van der Waals surface area (Å²) in [5.41, 5.74) is -0.782. The fourth-order valence-corrected chi connectivity index (χ4v) is 4.32. The number of imide groups is 1. The lowest BCUT2D eigenvalue weighted by Gasteiger charge is -2.32. The maximum atomic E-state index is 13.5. The molecule has 1 aromatic rings. The van der Waals surface area contributed by atoms with Gasteiger partial charge in [0.25, 0.3) is 0 Å². The average Bonchev–Trinajstić information content (AvgIpc) is 3.67. The summed E-state index contributed by atoms with van der Waals surface area (Å²) in [5, 5.41) is 0. The van der Waals surface area contributed by atoms with Crippen LogP contribution in [0.15, 0.2) is 30.3 Å². The molecule has 2 fully saturated rings. The molecule has 0 bridgehead atoms. The van der Waals surface area contributed by atoms with Crippen molar-refractivity contribution < 1.29 is 42.9 Å². The third-order valence-electron chi connectivity index (χ3n) is 6.41. The van der Waals surface area contributed by atoms with Crippen LogP contribution in [0.4, 0.5) is 9.59 Å². The maximum Gasteiger partial charge on any atom is 0.420 e. The molecule has 0 N–H and O–H groups in total. The molecule has 10 nitrogen and oxygen atoms in total. The molecule has 1 aliphatic heterocycles. The summed E-state index contributed by atoms with van der Waals surface area (Å²) in [6.07, 6.45) is -0.913. The van der Waals surface area contributed by atoms with E-state index in [9.17, 15) is 19.2 Å². The van der Waals surface area contributed by atoms with E-state index in [1.54, 1.807) is 48.5 Å². The third kappa shape index (κ3) is 9.50. The molecule has 40 heavy (non-hydrogen) atoms. The largest absolute Gasteiger partial charge is 0.458 e. The number of aryl methyl sites for hydroxylation is 1. The molecule has 0 spiro atoms. The van der Waals surface area contributed by atoms with Crippen LogP contribution in [0.3, 0.4) is 0 Å². The van der Waals surface area contributed by atoms with E-state index in [4.69, 9.17) is 23.7 Å². The van der Waals surface area contributed by atoms with Crippen LogP contribution in [0.1, 0.15) is 73.3 Å². The van der Waals surface area contributed by atoms with Gasteiger partial charge in [0.05, 0.1) is 19.1 Å². The molecule has 1 saturated heterocycles. The Morgan fingerprint density at radius 2 is 1.50 bits per heavy atom. The molecular formula is C30H43NO9. The highest BCUT2D eigenvalue weighted by molar-refractivity contribution is 5.94. The molecule has 0 radical (unpaired) electrons. The molecule has 222 valence electrons. The second kappa shape index (κ2) is 13.0. The Morgan fingerprint density at radius 1 is 0.925 bits per heavy atom. The normalized spacial score (nSPS) is 24.0. The van der Waals surface area contributed by atoms with Gasteiger partial charge >= 0.3 is 24.1 Å². The molecule has 1 saturated carbocycles. The Kier molecular flexibility index (Phi) is 10.2. The van der Waals surface area contributed by atoms with Crippen LogP contribution in [0.2, 0.25) is 0 Å². The number of esters is 2. The van der Waals surface area contributed by atoms with Crippen molar-refractivity contribution in [1.29, 1.82) is 0 Å². The average molecular weight is 562 g/mol. The summed E-state index contributed by atoms with van der Waals surface area (Å²) in [5.74, 6) is -1.66. The van der Waals surface area contributed by atoms with Crippen LogP contribution in [-0.4, -0.2) is 71.7 Å². The number of amides is 2. The first kappa shape index (κ1) is 31.4. The van der Waals surface area contributed by atoms with Crippen molar-refractivity contribution >= 4 is 24.1 Å². The number of cyclic esters (lactones) is 1. The lowest BCUT2D eigenvalue weighted by atomic mass is 9.92. The van der Waals surface area contributed by atoms with Crippen LogP contribution in [0.5, 0.6) is 0 Å². The zero-order valence-corrected chi connectivity index (χ0v) is 24.6. The van der Waals surface area contributed by atoms with E-state index < -0.39 is 47.6 Å². The number of rotatable bonds is 6. The molecule has 3 rings (SSSR count). The van der Waals surface area contributed by atoms with E-state index in [0.717, 1.165) is 18.4 Å². The molecule has 1 heterocycles. The Labute approximate surface area is 236 Å². The Morgan fingerprint density at radius 3 is 2.02 bits per heavy atom. The molecule has 1 aliphatic carbocycles. The van der Waals surface area contributed by atoms with Gasteiger partial charge in [-0.05, 0) is 79.7 Å². The molecule has 4 unspecified atom stereocenters. The van der Waals surface area contributed by atoms with Crippen LogP contribution in [0, 0.1) is 11.8 Å². The van der Waals surface area contributed by atoms with Gasteiger partial charge < -0.3 is 23.7 Å². The summed E-state index contributed by atoms with van der Waals surface area (Å²) < 4.78 is 28.5. The predicted octanol–water partition coefficient (Wildman–Crippen LogP) is 5.06. The maximum absolute atomic E-state index is 13.5. The van der Waals surface area contributed by atoms with Crippen molar-refractivity contribution in [2.24, 2.45) is 11.8 Å². The number of benzene rings is 1. The quantitative estimate of drug-likeness (QED) is 0.347. The van der Waals surface area contributed by atoms with Gasteiger partial charge in [0.2, 0.25) is 0 Å². The SMILES string of the molecule is CC1OC(=O)C(N(C(=O)OC(C)(C)C)C(=O)OC(C)(C)C)COCC(CCc2ccccc2)C1OC(=O)C1CC1. The first-order valence-electron chi connectivity index (χ1n) is 13.9. The first-order valence-corrected chi connectivity index (χ1v) is 13.9. The van der Waals surface area contributed by atoms with E-state index in [1.165, 1.54) is 0 Å². The molecule has 4 atom stereocenters. The van der Waals surface area contributed by atoms with Crippen molar-refractivity contribution in [3.05, 3.63) is 35.9 Å². The standard InChI is InChI=1S/C30H43NO9/c1-19-24(38-25(32)21-15-16-21)22(14-13-20-11-9-8-10-12-20)17-36-18-23(26(33)37-19)31(27(34)39-29(2,3)4)28(35)40-30(5,6)7/h8-12,19,21-24H,13-18H2,1-7H3. The van der Waals surface area contributed by atoms with Crippen molar-refractivity contribution in [2.75, 3.05) is 13.2 Å². The van der Waals surface area contributed by atoms with Crippen LogP contribution in [-0.2, 0) is 39.7 Å². The first-order chi connectivity index (χ1) is 18.6. The van der Waals surface area contributed by atoms with Gasteiger partial charge in [-0.2, -0.15) is 4.90 Å². The molecule has 0 aromatic heterocycles. The van der Waals surface area contributed by atoms with Gasteiger partial charge in [-0.3, -0.25) is 4.79 Å². The lowest BCUT2D eigenvalue weighted by molar-refractivity contribution is -0.173.